The highest BCUT2D eigenvalue weighted by atomic mass is 16.5. The molecule has 1 heterocycles. The molecule has 0 radical (unpaired) electrons. The molecule has 0 aliphatic heterocycles. The van der Waals surface area contributed by atoms with Gasteiger partial charge in [0.15, 0.2) is 11.5 Å². The monoisotopic (exact) mass is 258 g/mol. The van der Waals surface area contributed by atoms with Gasteiger partial charge in [0, 0.05) is 11.8 Å². The second-order valence-corrected chi connectivity index (χ2v) is 3.97. The molecule has 1 aromatic heterocycles. The predicted molar refractivity (Wildman–Crippen MR) is 69.5 cm³/mol. The van der Waals surface area contributed by atoms with E-state index in [1.807, 2.05) is 0 Å². The van der Waals surface area contributed by atoms with Crippen molar-refractivity contribution in [2.75, 3.05) is 6.61 Å². The average molecular weight is 258 g/mol. The van der Waals surface area contributed by atoms with Crippen molar-refractivity contribution in [2.45, 2.75) is 13.8 Å². The zero-order valence-electron chi connectivity index (χ0n) is 10.8. The van der Waals surface area contributed by atoms with Gasteiger partial charge in [-0.15, -0.1) is 0 Å². The third-order valence-electron chi connectivity index (χ3n) is 2.61. The van der Waals surface area contributed by atoms with Crippen LogP contribution in [-0.4, -0.2) is 28.1 Å². The summed E-state index contributed by atoms with van der Waals surface area (Å²) in [6.07, 6.45) is 1.68. The number of carbonyl (C=O) groups is 2. The van der Waals surface area contributed by atoms with E-state index < -0.39 is 5.97 Å². The van der Waals surface area contributed by atoms with Gasteiger partial charge in [0.05, 0.1) is 12.3 Å². The lowest BCUT2D eigenvalue weighted by molar-refractivity contribution is 0.0519. The number of ether oxygens (including phenoxy) is 1. The van der Waals surface area contributed by atoms with Crippen molar-refractivity contribution < 1.29 is 14.3 Å². The largest absolute Gasteiger partial charge is 0.461 e. The Bertz CT molecular complexity index is 599. The highest BCUT2D eigenvalue weighted by molar-refractivity contribution is 5.94. The van der Waals surface area contributed by atoms with Crippen LogP contribution in [0, 0.1) is 0 Å². The Morgan fingerprint density at radius 1 is 1.21 bits per heavy atom. The number of hydrogen-bond donors (Lipinski definition) is 0. The minimum atomic E-state index is -0.443. The van der Waals surface area contributed by atoms with Crippen LogP contribution in [-0.2, 0) is 4.74 Å². The molecular formula is C14H14N2O3. The van der Waals surface area contributed by atoms with Crippen LogP contribution in [0.2, 0.25) is 0 Å². The van der Waals surface area contributed by atoms with Gasteiger partial charge in [-0.3, -0.25) is 4.79 Å². The third-order valence-corrected chi connectivity index (χ3v) is 2.61. The number of Topliss-reactive ketones (excluding diaryl/α,β-unsaturated/α-hetero) is 1. The first-order valence-electron chi connectivity index (χ1n) is 5.96. The molecule has 0 amide bonds. The number of esters is 1. The van der Waals surface area contributed by atoms with Gasteiger partial charge in [0.2, 0.25) is 0 Å². The van der Waals surface area contributed by atoms with Gasteiger partial charge in [-0.05, 0) is 44.2 Å². The molecule has 0 N–H and O–H groups in total. The van der Waals surface area contributed by atoms with E-state index in [0.717, 1.165) is 5.69 Å². The molecule has 0 bridgehead atoms. The standard InChI is InChI=1S/C14H14N2O3/c1-3-19-14(18)13-8-9-16(15-13)12-6-4-11(5-7-12)10(2)17/h4-9H,3H2,1-2H3. The number of carbonyl (C=O) groups excluding carboxylic acids is 2. The number of ketones is 1. The predicted octanol–water partition coefficient (Wildman–Crippen LogP) is 2.25. The summed E-state index contributed by atoms with van der Waals surface area (Å²) in [5, 5.41) is 4.13. The lowest BCUT2D eigenvalue weighted by Gasteiger charge is -2.02. The molecule has 0 fully saturated rings. The molecule has 2 aromatic rings. The van der Waals surface area contributed by atoms with E-state index in [2.05, 4.69) is 5.10 Å². The average Bonchev–Trinajstić information content (AvgIpc) is 2.89. The maximum Gasteiger partial charge on any atom is 0.358 e. The summed E-state index contributed by atoms with van der Waals surface area (Å²) in [5.41, 5.74) is 1.68. The highest BCUT2D eigenvalue weighted by Crippen LogP contribution is 2.10. The quantitative estimate of drug-likeness (QED) is 0.623. The fraction of sp³-hybridized carbons (Fsp3) is 0.214. The van der Waals surface area contributed by atoms with Crippen molar-refractivity contribution in [3.05, 3.63) is 47.8 Å². The van der Waals surface area contributed by atoms with Crippen molar-refractivity contribution >= 4 is 11.8 Å². The van der Waals surface area contributed by atoms with Crippen LogP contribution >= 0.6 is 0 Å². The van der Waals surface area contributed by atoms with E-state index in [4.69, 9.17) is 4.74 Å². The SMILES string of the molecule is CCOC(=O)c1ccn(-c2ccc(C(C)=O)cc2)n1. The summed E-state index contributed by atoms with van der Waals surface area (Å²) in [6.45, 7) is 3.58. The minimum absolute atomic E-state index is 0.0132. The van der Waals surface area contributed by atoms with Crippen LogP contribution in [0.3, 0.4) is 0 Å². The number of benzene rings is 1. The van der Waals surface area contributed by atoms with Crippen LogP contribution in [0.25, 0.3) is 5.69 Å². The summed E-state index contributed by atoms with van der Waals surface area (Å²) in [7, 11) is 0. The van der Waals surface area contributed by atoms with Crippen LogP contribution < -0.4 is 0 Å². The van der Waals surface area contributed by atoms with E-state index in [0.29, 0.717) is 12.2 Å². The van der Waals surface area contributed by atoms with Gasteiger partial charge < -0.3 is 4.74 Å². The Morgan fingerprint density at radius 2 is 1.89 bits per heavy atom. The first-order valence-corrected chi connectivity index (χ1v) is 5.96. The molecule has 0 saturated carbocycles. The minimum Gasteiger partial charge on any atom is -0.461 e. The molecule has 5 nitrogen and oxygen atoms in total. The molecule has 0 saturated heterocycles. The lowest BCUT2D eigenvalue weighted by atomic mass is 10.1. The molecule has 2 rings (SSSR count). The molecule has 0 aliphatic rings. The first-order chi connectivity index (χ1) is 9.11. The zero-order valence-corrected chi connectivity index (χ0v) is 10.8. The van der Waals surface area contributed by atoms with Crippen LogP contribution in [0.5, 0.6) is 0 Å². The normalized spacial score (nSPS) is 10.2. The molecule has 0 aliphatic carbocycles. The Hall–Kier alpha value is -2.43. The molecule has 0 spiro atoms. The lowest BCUT2D eigenvalue weighted by Crippen LogP contribution is -2.06. The summed E-state index contributed by atoms with van der Waals surface area (Å²) in [4.78, 5) is 22.7. The van der Waals surface area contributed by atoms with E-state index in [9.17, 15) is 9.59 Å². The number of rotatable bonds is 4. The third kappa shape index (κ3) is 2.88. The van der Waals surface area contributed by atoms with Crippen LogP contribution in [0.1, 0.15) is 34.7 Å². The van der Waals surface area contributed by atoms with Gasteiger partial charge in [-0.1, -0.05) is 0 Å². The van der Waals surface area contributed by atoms with Crippen molar-refractivity contribution in [3.8, 4) is 5.69 Å². The number of aromatic nitrogens is 2. The van der Waals surface area contributed by atoms with Gasteiger partial charge >= 0.3 is 5.97 Å². The Morgan fingerprint density at radius 3 is 2.47 bits per heavy atom. The second-order valence-electron chi connectivity index (χ2n) is 3.97. The molecule has 98 valence electrons. The maximum absolute atomic E-state index is 11.5. The molecule has 5 heteroatoms. The van der Waals surface area contributed by atoms with Crippen molar-refractivity contribution in [1.29, 1.82) is 0 Å². The highest BCUT2D eigenvalue weighted by Gasteiger charge is 2.10. The van der Waals surface area contributed by atoms with Crippen molar-refractivity contribution in [1.82, 2.24) is 9.78 Å². The molecule has 0 unspecified atom stereocenters. The maximum atomic E-state index is 11.5. The summed E-state index contributed by atoms with van der Waals surface area (Å²) in [5.74, 6) is -0.430. The number of hydrogen-bond acceptors (Lipinski definition) is 4. The summed E-state index contributed by atoms with van der Waals surface area (Å²) in [6, 6.07) is 8.60. The molecular weight excluding hydrogens is 244 g/mol. The van der Waals surface area contributed by atoms with Crippen LogP contribution in [0.4, 0.5) is 0 Å². The summed E-state index contributed by atoms with van der Waals surface area (Å²) >= 11 is 0. The van der Waals surface area contributed by atoms with E-state index in [-0.39, 0.29) is 11.5 Å². The van der Waals surface area contributed by atoms with E-state index in [1.165, 1.54) is 6.92 Å². The first kappa shape index (κ1) is 13.0. The summed E-state index contributed by atoms with van der Waals surface area (Å²) < 4.78 is 6.43. The Kier molecular flexibility index (Phi) is 3.75. The molecule has 1 aromatic carbocycles. The van der Waals surface area contributed by atoms with Crippen LogP contribution in [0.15, 0.2) is 36.5 Å². The van der Waals surface area contributed by atoms with Crippen molar-refractivity contribution in [2.24, 2.45) is 0 Å². The van der Waals surface area contributed by atoms with E-state index >= 15 is 0 Å². The Labute approximate surface area is 110 Å². The second kappa shape index (κ2) is 5.48. The number of nitrogens with zero attached hydrogens (tertiary/aromatic N) is 2. The zero-order chi connectivity index (χ0) is 13.8. The Balaban J connectivity index is 2.23. The fourth-order valence-electron chi connectivity index (χ4n) is 1.63. The van der Waals surface area contributed by atoms with E-state index in [1.54, 1.807) is 48.1 Å². The van der Waals surface area contributed by atoms with Gasteiger partial charge in [0.25, 0.3) is 0 Å². The van der Waals surface area contributed by atoms with Gasteiger partial charge in [-0.2, -0.15) is 5.10 Å². The van der Waals surface area contributed by atoms with Gasteiger partial charge in [-0.25, -0.2) is 9.48 Å². The fourth-order valence-corrected chi connectivity index (χ4v) is 1.63. The molecule has 0 atom stereocenters. The topological polar surface area (TPSA) is 61.2 Å². The molecule has 19 heavy (non-hydrogen) atoms. The van der Waals surface area contributed by atoms with Gasteiger partial charge in [0.1, 0.15) is 0 Å². The van der Waals surface area contributed by atoms with Crippen molar-refractivity contribution in [3.63, 3.8) is 0 Å². The smallest absolute Gasteiger partial charge is 0.358 e.